The molecule has 0 aromatic rings. The van der Waals surface area contributed by atoms with E-state index in [1.165, 1.54) is 257 Å². The molecule has 0 saturated carbocycles. The minimum Gasteiger partial charge on any atom is -0.463 e. The molecule has 0 saturated heterocycles. The number of carbonyl (C=O) groups is 3. The van der Waals surface area contributed by atoms with Crippen LogP contribution in [-0.4, -0.2) is 95.9 Å². The summed E-state index contributed by atoms with van der Waals surface area (Å²) in [6.07, 6.45) is 137. The largest absolute Gasteiger partial charge is 0.472 e. The first-order chi connectivity index (χ1) is 64.2. The van der Waals surface area contributed by atoms with Crippen LogP contribution in [0.15, 0.2) is 170 Å². The molecule has 16 nitrogen and oxygen atoms in total. The van der Waals surface area contributed by atoms with Crippen molar-refractivity contribution >= 4 is 33.6 Å². The molecule has 0 aliphatic carbocycles. The highest BCUT2D eigenvalue weighted by molar-refractivity contribution is 7.47. The van der Waals surface area contributed by atoms with Crippen LogP contribution in [0.4, 0.5) is 0 Å². The van der Waals surface area contributed by atoms with Gasteiger partial charge in [-0.15, -0.1) is 0 Å². The van der Waals surface area contributed by atoms with Gasteiger partial charge in [0.15, 0.2) is 6.10 Å². The SMILES string of the molecule is CC/C=C\C/C=C\C/C=C\C/C=C\C/C=C\CCCCCCCCCCCCCCCCCCCCCC(=O)OCC(O)COP(=O)(O)OCC(O)COP(=O)(O)OCC(COC(=O)CCCCCCCCCCCCCCCCC/C=C\C/C=C\C/C=C\C/C=C\CCCCC)OC(=O)CCCCCCCCCCCCCCC/C=C\C/C=C\C/C=C\C/C=C\C/C=C\CC. The van der Waals surface area contributed by atoms with Gasteiger partial charge in [-0.3, -0.25) is 32.5 Å². The van der Waals surface area contributed by atoms with E-state index in [0.29, 0.717) is 19.3 Å². The Morgan fingerprint density at radius 1 is 0.221 bits per heavy atom. The molecule has 0 aromatic carbocycles. The van der Waals surface area contributed by atoms with Gasteiger partial charge in [0.2, 0.25) is 0 Å². The van der Waals surface area contributed by atoms with Crippen molar-refractivity contribution in [1.82, 2.24) is 0 Å². The van der Waals surface area contributed by atoms with Crippen molar-refractivity contribution in [3.8, 4) is 0 Å². The summed E-state index contributed by atoms with van der Waals surface area (Å²) in [7, 11) is -9.82. The Hall–Kier alpha value is -5.09. The van der Waals surface area contributed by atoms with Crippen molar-refractivity contribution in [2.24, 2.45) is 0 Å². The molecule has 18 heteroatoms. The Balaban J connectivity index is 4.58. The average molecular weight is 1870 g/mol. The number of esters is 3. The molecule has 0 heterocycles. The fourth-order valence-electron chi connectivity index (χ4n) is 14.9. The highest BCUT2D eigenvalue weighted by atomic mass is 31.2. The molecule has 0 amide bonds. The van der Waals surface area contributed by atoms with Crippen molar-refractivity contribution in [1.29, 1.82) is 0 Å². The van der Waals surface area contributed by atoms with Crippen LogP contribution in [0.5, 0.6) is 0 Å². The van der Waals surface area contributed by atoms with Gasteiger partial charge in [0.05, 0.1) is 26.4 Å². The van der Waals surface area contributed by atoms with Gasteiger partial charge in [0, 0.05) is 19.3 Å². The van der Waals surface area contributed by atoms with Crippen LogP contribution in [0.3, 0.4) is 0 Å². The number of hydrogen-bond donors (Lipinski definition) is 4. The zero-order chi connectivity index (χ0) is 95.0. The zero-order valence-electron chi connectivity index (χ0n) is 83.7. The lowest BCUT2D eigenvalue weighted by atomic mass is 10.0. The summed E-state index contributed by atoms with van der Waals surface area (Å²) in [6.45, 7) is 2.52. The lowest BCUT2D eigenvalue weighted by Gasteiger charge is -2.21. The molecule has 0 bridgehead atoms. The molecule has 0 rings (SSSR count). The van der Waals surface area contributed by atoms with Gasteiger partial charge < -0.3 is 34.2 Å². The van der Waals surface area contributed by atoms with Crippen molar-refractivity contribution in [2.75, 3.05) is 39.6 Å². The summed E-state index contributed by atoms with van der Waals surface area (Å²) in [4.78, 5) is 59.3. The second-order valence-electron chi connectivity index (χ2n) is 35.6. The minimum atomic E-state index is -4.95. The number of carbonyl (C=O) groups excluding carboxylic acids is 3. The van der Waals surface area contributed by atoms with Crippen LogP contribution < -0.4 is 0 Å². The molecule has 0 radical (unpaired) electrons. The molecule has 0 spiro atoms. The number of aliphatic hydroxyl groups excluding tert-OH is 2. The molecule has 0 aromatic heterocycles. The van der Waals surface area contributed by atoms with Gasteiger partial charge in [-0.1, -0.05) is 467 Å². The van der Waals surface area contributed by atoms with Crippen molar-refractivity contribution in [3.05, 3.63) is 170 Å². The van der Waals surface area contributed by atoms with Crippen LogP contribution in [0, 0.1) is 0 Å². The van der Waals surface area contributed by atoms with E-state index in [4.69, 9.17) is 32.3 Å². The highest BCUT2D eigenvalue weighted by Crippen LogP contribution is 2.45. The van der Waals surface area contributed by atoms with Crippen LogP contribution in [-0.2, 0) is 55.8 Å². The third-order valence-corrected chi connectivity index (χ3v) is 24.8. The minimum absolute atomic E-state index is 0.101. The topological polar surface area (TPSA) is 231 Å². The first-order valence-corrected chi connectivity index (χ1v) is 56.4. The van der Waals surface area contributed by atoms with Crippen molar-refractivity contribution < 1.29 is 75.8 Å². The van der Waals surface area contributed by atoms with E-state index in [2.05, 4.69) is 191 Å². The van der Waals surface area contributed by atoms with E-state index >= 15 is 0 Å². The van der Waals surface area contributed by atoms with Crippen LogP contribution in [0.2, 0.25) is 0 Å². The number of phosphoric ester groups is 2. The number of aliphatic hydroxyl groups is 2. The molecule has 754 valence electrons. The second-order valence-corrected chi connectivity index (χ2v) is 38.6. The summed E-state index contributed by atoms with van der Waals surface area (Å²) in [5, 5.41) is 20.8. The Kier molecular flexibility index (Phi) is 99.8. The highest BCUT2D eigenvalue weighted by Gasteiger charge is 2.30. The normalized spacial score (nSPS) is 14.3. The summed E-state index contributed by atoms with van der Waals surface area (Å²) in [5.74, 6) is -1.55. The predicted molar refractivity (Wildman–Crippen MR) is 555 cm³/mol. The Labute approximate surface area is 803 Å². The van der Waals surface area contributed by atoms with Crippen molar-refractivity contribution in [3.63, 3.8) is 0 Å². The number of hydrogen-bond acceptors (Lipinski definition) is 14. The Bertz CT molecular complexity index is 3060. The smallest absolute Gasteiger partial charge is 0.463 e. The summed E-state index contributed by atoms with van der Waals surface area (Å²) < 4.78 is 61.8. The summed E-state index contributed by atoms with van der Waals surface area (Å²) >= 11 is 0. The second kappa shape index (κ2) is 104. The number of ether oxygens (including phenoxy) is 3. The molecule has 0 fully saturated rings. The van der Waals surface area contributed by atoms with Gasteiger partial charge >= 0.3 is 33.6 Å². The summed E-state index contributed by atoms with van der Waals surface area (Å²) in [5.41, 5.74) is 0. The number of phosphoric acid groups is 2. The van der Waals surface area contributed by atoms with E-state index in [-0.39, 0.29) is 19.3 Å². The summed E-state index contributed by atoms with van der Waals surface area (Å²) in [6, 6.07) is 0. The lowest BCUT2D eigenvalue weighted by molar-refractivity contribution is -0.161. The van der Waals surface area contributed by atoms with Crippen LogP contribution >= 0.6 is 15.6 Å². The maximum Gasteiger partial charge on any atom is 0.472 e. The Morgan fingerprint density at radius 3 is 0.641 bits per heavy atom. The molecular formula is C113H196O16P2. The molecule has 4 N–H and O–H groups in total. The van der Waals surface area contributed by atoms with E-state index in [1.807, 2.05) is 0 Å². The number of unbranched alkanes of at least 4 members (excludes halogenated alkanes) is 50. The monoisotopic (exact) mass is 1870 g/mol. The van der Waals surface area contributed by atoms with Gasteiger partial charge in [0.1, 0.15) is 25.4 Å². The van der Waals surface area contributed by atoms with Crippen molar-refractivity contribution in [2.45, 2.75) is 489 Å². The molecule has 131 heavy (non-hydrogen) atoms. The van der Waals surface area contributed by atoms with Gasteiger partial charge in [0.25, 0.3) is 0 Å². The first-order valence-electron chi connectivity index (χ1n) is 53.4. The molecular weight excluding hydrogens is 1680 g/mol. The zero-order valence-corrected chi connectivity index (χ0v) is 85.5. The van der Waals surface area contributed by atoms with Crippen LogP contribution in [0.1, 0.15) is 470 Å². The van der Waals surface area contributed by atoms with E-state index < -0.39 is 91.5 Å². The van der Waals surface area contributed by atoms with Gasteiger partial charge in [-0.25, -0.2) is 9.13 Å². The van der Waals surface area contributed by atoms with Gasteiger partial charge in [-0.2, -0.15) is 0 Å². The maximum absolute atomic E-state index is 13.1. The van der Waals surface area contributed by atoms with E-state index in [1.54, 1.807) is 0 Å². The first kappa shape index (κ1) is 126. The van der Waals surface area contributed by atoms with Gasteiger partial charge in [-0.05, 0) is 154 Å². The van der Waals surface area contributed by atoms with Crippen LogP contribution in [0.25, 0.3) is 0 Å². The fourth-order valence-corrected chi connectivity index (χ4v) is 16.5. The number of allylic oxidation sites excluding steroid dienone is 28. The molecule has 5 atom stereocenters. The fraction of sp³-hybridized carbons (Fsp3) is 0.726. The Morgan fingerprint density at radius 2 is 0.405 bits per heavy atom. The molecule has 5 unspecified atom stereocenters. The standard InChI is InChI=1S/C113H196O16P2/c1-4-7-10-13-16-19-22-25-28-31-34-37-40-43-46-49-51-52-53-54-56-59-60-63-66-69-72-75-78-81-84-87-90-93-96-99-111(116)123-102-108(114)103-125-130(119,120)126-104-109(115)105-127-131(121,122)128-107-110(129-113(118)101-98-95-92-89-86-83-80-77-74-71-68-65-62-57-48-45-42-39-36-33-30-27-24-21-18-15-12-9-6-3)106-124-112(117)100-97-94-91-88-85-82-79-76-73-70-67-64-61-58-55-50-47-44-41-38-35-32-29-26-23-20-17-14-11-8-5-2/h7,9-10,12,16-21,25-30,34-39,43-48,108-110,114-115H,4-6,8,11,13-15,22-24,31-33,40-42,49-107H2,1-3H3,(H,119,120)(H,121,122)/b10-7-,12-9-,19-16-,20-17-,21-18-,28-25-,29-26-,30-27-,37-34-,38-35-,39-36-,46-43-,47-44-,48-45-. The third kappa shape index (κ3) is 105. The molecule has 0 aliphatic heterocycles. The lowest BCUT2D eigenvalue weighted by Crippen LogP contribution is -2.30. The third-order valence-electron chi connectivity index (χ3n) is 22.9. The maximum atomic E-state index is 13.1. The van der Waals surface area contributed by atoms with E-state index in [0.717, 1.165) is 154 Å². The predicted octanol–water partition coefficient (Wildman–Crippen LogP) is 34.1. The molecule has 0 aliphatic rings. The van der Waals surface area contributed by atoms with E-state index in [9.17, 15) is 43.5 Å². The average Bonchev–Trinajstić information content (AvgIpc) is 0.896. The number of rotatable bonds is 101. The quantitative estimate of drug-likeness (QED) is 0.0146.